The molecule has 6 heteroatoms. The normalized spacial score (nSPS) is 10.7. The van der Waals surface area contributed by atoms with E-state index < -0.39 is 5.91 Å². The summed E-state index contributed by atoms with van der Waals surface area (Å²) in [6.45, 7) is 0.349. The Labute approximate surface area is 155 Å². The molecule has 0 unspecified atom stereocenters. The van der Waals surface area contributed by atoms with Crippen molar-refractivity contribution in [1.82, 2.24) is 5.32 Å². The zero-order valence-electron chi connectivity index (χ0n) is 13.9. The summed E-state index contributed by atoms with van der Waals surface area (Å²) in [6, 6.07) is 14.8. The first-order valence-corrected chi connectivity index (χ1v) is 8.23. The van der Waals surface area contributed by atoms with Crippen molar-refractivity contribution in [2.45, 2.75) is 6.54 Å². The van der Waals surface area contributed by atoms with E-state index in [4.69, 9.17) is 9.47 Å². The summed E-state index contributed by atoms with van der Waals surface area (Å²) in [5, 5.41) is 12.1. The molecule has 2 aromatic rings. The van der Waals surface area contributed by atoms with E-state index in [1.165, 1.54) is 13.2 Å². The topological polar surface area (TPSA) is 71.3 Å². The molecule has 2 aromatic carbocycles. The van der Waals surface area contributed by atoms with E-state index in [1.54, 1.807) is 19.2 Å². The SMILES string of the molecule is COc1cc(OC)c(C=C(C#N)C(=O)NCc2ccccc2)cc1Br. The molecule has 0 saturated heterocycles. The fraction of sp³-hybridized carbons (Fsp3) is 0.158. The van der Waals surface area contributed by atoms with Gasteiger partial charge >= 0.3 is 0 Å². The van der Waals surface area contributed by atoms with Crippen molar-refractivity contribution < 1.29 is 14.3 Å². The summed E-state index contributed by atoms with van der Waals surface area (Å²) in [5.74, 6) is 0.657. The Morgan fingerprint density at radius 1 is 1.20 bits per heavy atom. The Morgan fingerprint density at radius 2 is 1.88 bits per heavy atom. The summed E-state index contributed by atoms with van der Waals surface area (Å²) in [5.41, 5.74) is 1.55. The third kappa shape index (κ3) is 4.85. The number of methoxy groups -OCH3 is 2. The third-order valence-electron chi connectivity index (χ3n) is 3.46. The molecule has 1 N–H and O–H groups in total. The van der Waals surface area contributed by atoms with Gasteiger partial charge in [0, 0.05) is 18.2 Å². The highest BCUT2D eigenvalue weighted by Gasteiger charge is 2.13. The lowest BCUT2D eigenvalue weighted by atomic mass is 10.1. The van der Waals surface area contributed by atoms with Crippen LogP contribution in [0.2, 0.25) is 0 Å². The molecular weight excluding hydrogens is 384 g/mol. The number of rotatable bonds is 6. The summed E-state index contributed by atoms with van der Waals surface area (Å²) in [7, 11) is 3.06. The second-order valence-corrected chi connectivity index (χ2v) is 5.92. The van der Waals surface area contributed by atoms with Crippen molar-refractivity contribution in [3.8, 4) is 17.6 Å². The standard InChI is InChI=1S/C19H17BrN2O3/c1-24-17-10-18(25-2)16(20)9-14(17)8-15(11-21)19(23)22-12-13-6-4-3-5-7-13/h3-10H,12H2,1-2H3,(H,22,23). The Kier molecular flexibility index (Phi) is 6.61. The second kappa shape index (κ2) is 8.90. The molecular formula is C19H17BrN2O3. The number of benzene rings is 2. The molecule has 0 radical (unpaired) electrons. The zero-order chi connectivity index (χ0) is 18.2. The number of nitriles is 1. The number of hydrogen-bond donors (Lipinski definition) is 1. The molecule has 1 amide bonds. The fourth-order valence-electron chi connectivity index (χ4n) is 2.17. The maximum Gasteiger partial charge on any atom is 0.262 e. The van der Waals surface area contributed by atoms with Crippen molar-refractivity contribution in [2.24, 2.45) is 0 Å². The van der Waals surface area contributed by atoms with Gasteiger partial charge in [0.2, 0.25) is 0 Å². The molecule has 0 atom stereocenters. The van der Waals surface area contributed by atoms with Crippen molar-refractivity contribution >= 4 is 27.9 Å². The molecule has 2 rings (SSSR count). The Hall–Kier alpha value is -2.78. The number of hydrogen-bond acceptors (Lipinski definition) is 4. The number of carbonyl (C=O) groups excluding carboxylic acids is 1. The molecule has 0 spiro atoms. The number of amides is 1. The first kappa shape index (κ1) is 18.6. The van der Waals surface area contributed by atoms with Gasteiger partial charge in [-0.05, 0) is 33.6 Å². The van der Waals surface area contributed by atoms with E-state index in [0.29, 0.717) is 28.1 Å². The summed E-state index contributed by atoms with van der Waals surface area (Å²) < 4.78 is 11.2. The summed E-state index contributed by atoms with van der Waals surface area (Å²) in [6.07, 6.45) is 1.49. The highest BCUT2D eigenvalue weighted by molar-refractivity contribution is 9.10. The largest absolute Gasteiger partial charge is 0.496 e. The molecule has 0 fully saturated rings. The lowest BCUT2D eigenvalue weighted by molar-refractivity contribution is -0.117. The molecule has 0 aliphatic heterocycles. The predicted molar refractivity (Wildman–Crippen MR) is 99.1 cm³/mol. The highest BCUT2D eigenvalue weighted by atomic mass is 79.9. The van der Waals surface area contributed by atoms with E-state index in [9.17, 15) is 10.1 Å². The third-order valence-corrected chi connectivity index (χ3v) is 4.08. The Bertz CT molecular complexity index is 827. The monoisotopic (exact) mass is 400 g/mol. The van der Waals surface area contributed by atoms with Gasteiger partial charge < -0.3 is 14.8 Å². The zero-order valence-corrected chi connectivity index (χ0v) is 15.5. The van der Waals surface area contributed by atoms with Gasteiger partial charge in [0.15, 0.2) is 0 Å². The molecule has 0 aliphatic carbocycles. The van der Waals surface area contributed by atoms with Crippen molar-refractivity contribution in [2.75, 3.05) is 14.2 Å². The highest BCUT2D eigenvalue weighted by Crippen LogP contribution is 2.33. The average molecular weight is 401 g/mol. The number of nitrogens with one attached hydrogen (secondary N) is 1. The first-order chi connectivity index (χ1) is 12.1. The van der Waals surface area contributed by atoms with Crippen LogP contribution in [0, 0.1) is 11.3 Å². The molecule has 0 saturated carbocycles. The van der Waals surface area contributed by atoms with Crippen LogP contribution in [0.1, 0.15) is 11.1 Å². The van der Waals surface area contributed by atoms with Crippen molar-refractivity contribution in [3.63, 3.8) is 0 Å². The van der Waals surface area contributed by atoms with Crippen LogP contribution in [0.3, 0.4) is 0 Å². The summed E-state index contributed by atoms with van der Waals surface area (Å²) in [4.78, 5) is 12.3. The van der Waals surface area contributed by atoms with Crippen LogP contribution in [-0.4, -0.2) is 20.1 Å². The molecule has 0 aliphatic rings. The van der Waals surface area contributed by atoms with E-state index >= 15 is 0 Å². The van der Waals surface area contributed by atoms with Crippen LogP contribution < -0.4 is 14.8 Å². The number of ether oxygens (including phenoxy) is 2. The van der Waals surface area contributed by atoms with Crippen LogP contribution in [0.25, 0.3) is 6.08 Å². The van der Waals surface area contributed by atoms with E-state index in [0.717, 1.165) is 5.56 Å². The minimum Gasteiger partial charge on any atom is -0.496 e. The van der Waals surface area contributed by atoms with Crippen LogP contribution in [0.4, 0.5) is 0 Å². The lowest BCUT2D eigenvalue weighted by Crippen LogP contribution is -2.23. The van der Waals surface area contributed by atoms with Gasteiger partial charge in [-0.2, -0.15) is 5.26 Å². The van der Waals surface area contributed by atoms with Gasteiger partial charge in [0.25, 0.3) is 5.91 Å². The number of halogens is 1. The minimum atomic E-state index is -0.444. The van der Waals surface area contributed by atoms with Gasteiger partial charge in [-0.25, -0.2) is 0 Å². The van der Waals surface area contributed by atoms with Gasteiger partial charge in [-0.1, -0.05) is 30.3 Å². The van der Waals surface area contributed by atoms with Crippen molar-refractivity contribution in [3.05, 3.63) is 63.6 Å². The second-order valence-electron chi connectivity index (χ2n) is 5.07. The quantitative estimate of drug-likeness (QED) is 0.592. The van der Waals surface area contributed by atoms with Gasteiger partial charge in [0.05, 0.1) is 18.7 Å². The number of nitrogens with zero attached hydrogens (tertiary/aromatic N) is 1. The van der Waals surface area contributed by atoms with E-state index in [2.05, 4.69) is 21.2 Å². The Balaban J connectivity index is 2.23. The van der Waals surface area contributed by atoms with Crippen LogP contribution in [0.5, 0.6) is 11.5 Å². The molecule has 5 nitrogen and oxygen atoms in total. The maximum absolute atomic E-state index is 12.3. The van der Waals surface area contributed by atoms with Gasteiger partial charge in [0.1, 0.15) is 23.1 Å². The molecule has 0 bridgehead atoms. The smallest absolute Gasteiger partial charge is 0.262 e. The molecule has 0 aromatic heterocycles. The molecule has 128 valence electrons. The maximum atomic E-state index is 12.3. The fourth-order valence-corrected chi connectivity index (χ4v) is 2.70. The lowest BCUT2D eigenvalue weighted by Gasteiger charge is -2.10. The van der Waals surface area contributed by atoms with E-state index in [1.807, 2.05) is 36.4 Å². The molecule has 25 heavy (non-hydrogen) atoms. The first-order valence-electron chi connectivity index (χ1n) is 7.44. The predicted octanol–water partition coefficient (Wildman–Crippen LogP) is 3.69. The minimum absolute atomic E-state index is 0.00806. The average Bonchev–Trinajstić information content (AvgIpc) is 2.65. The van der Waals surface area contributed by atoms with Crippen LogP contribution >= 0.6 is 15.9 Å². The van der Waals surface area contributed by atoms with Crippen molar-refractivity contribution in [1.29, 1.82) is 5.26 Å². The van der Waals surface area contributed by atoms with Crippen LogP contribution in [0.15, 0.2) is 52.5 Å². The number of carbonyl (C=O) groups is 1. The molecule has 0 heterocycles. The summed E-state index contributed by atoms with van der Waals surface area (Å²) >= 11 is 3.39. The van der Waals surface area contributed by atoms with Gasteiger partial charge in [-0.15, -0.1) is 0 Å². The van der Waals surface area contributed by atoms with Crippen LogP contribution in [-0.2, 0) is 11.3 Å². The Morgan fingerprint density at radius 3 is 2.48 bits per heavy atom. The van der Waals surface area contributed by atoms with E-state index in [-0.39, 0.29) is 5.57 Å². The van der Waals surface area contributed by atoms with Gasteiger partial charge in [-0.3, -0.25) is 4.79 Å².